The predicted molar refractivity (Wildman–Crippen MR) is 68.8 cm³/mol. The molecule has 0 aromatic heterocycles. The fourth-order valence-electron chi connectivity index (χ4n) is 2.16. The van der Waals surface area contributed by atoms with Crippen LogP contribution in [0.25, 0.3) is 0 Å². The van der Waals surface area contributed by atoms with Gasteiger partial charge in [0.2, 0.25) is 0 Å². The van der Waals surface area contributed by atoms with Crippen LogP contribution in [0.2, 0.25) is 0 Å². The molecule has 0 radical (unpaired) electrons. The smallest absolute Gasteiger partial charge is 0.328 e. The van der Waals surface area contributed by atoms with Crippen LogP contribution in [0, 0.1) is 0 Å². The number of methoxy groups -OCH3 is 1. The third-order valence-electron chi connectivity index (χ3n) is 3.67. The van der Waals surface area contributed by atoms with Crippen molar-refractivity contribution in [3.05, 3.63) is 29.8 Å². The predicted octanol–water partition coefficient (Wildman–Crippen LogP) is 2.14. The third kappa shape index (κ3) is 2.34. The minimum Gasteiger partial charge on any atom is -0.497 e. The first-order valence-electron chi connectivity index (χ1n) is 6.22. The van der Waals surface area contributed by atoms with Crippen molar-refractivity contribution in [2.24, 2.45) is 0 Å². The second-order valence-corrected chi connectivity index (χ2v) is 4.93. The number of nitrogens with one attached hydrogen (secondary N) is 1. The van der Waals surface area contributed by atoms with E-state index in [1.807, 2.05) is 18.2 Å². The number of hydrogen-bond donors (Lipinski definition) is 2. The van der Waals surface area contributed by atoms with Crippen LogP contribution in [0.5, 0.6) is 5.75 Å². The van der Waals surface area contributed by atoms with Gasteiger partial charge in [0.25, 0.3) is 0 Å². The Hall–Kier alpha value is -1.55. The summed E-state index contributed by atoms with van der Waals surface area (Å²) in [6.07, 6.45) is 3.27. The molecule has 1 aliphatic rings. The van der Waals surface area contributed by atoms with Crippen molar-refractivity contribution in [1.82, 2.24) is 5.32 Å². The molecule has 4 heteroatoms. The molecule has 0 spiro atoms. The second kappa shape index (κ2) is 4.98. The summed E-state index contributed by atoms with van der Waals surface area (Å²) in [7, 11) is 1.58. The van der Waals surface area contributed by atoms with Gasteiger partial charge >= 0.3 is 5.97 Å². The third-order valence-corrected chi connectivity index (χ3v) is 3.67. The summed E-state index contributed by atoms with van der Waals surface area (Å²) in [6, 6.07) is 7.53. The molecule has 0 heterocycles. The molecule has 1 aliphatic carbocycles. The molecular formula is C14H19NO3. The Balaban J connectivity index is 2.29. The lowest BCUT2D eigenvalue weighted by molar-refractivity contribution is -0.145. The molecule has 98 valence electrons. The lowest BCUT2D eigenvalue weighted by Crippen LogP contribution is -2.53. The van der Waals surface area contributed by atoms with Gasteiger partial charge in [-0.05, 0) is 37.5 Å². The van der Waals surface area contributed by atoms with Gasteiger partial charge in [0.15, 0.2) is 0 Å². The monoisotopic (exact) mass is 249 g/mol. The molecule has 0 saturated heterocycles. The van der Waals surface area contributed by atoms with E-state index in [-0.39, 0.29) is 0 Å². The van der Waals surface area contributed by atoms with Gasteiger partial charge in [-0.25, -0.2) is 4.79 Å². The van der Waals surface area contributed by atoms with Gasteiger partial charge in [0, 0.05) is 6.04 Å². The summed E-state index contributed by atoms with van der Waals surface area (Å²) in [5, 5.41) is 12.8. The molecule has 2 rings (SSSR count). The Bertz CT molecular complexity index is 442. The number of carbonyl (C=O) groups is 1. The SMILES string of the molecule is COc1cccc(C(C)(NC2CCC2)C(=O)O)c1. The van der Waals surface area contributed by atoms with Gasteiger partial charge in [-0.1, -0.05) is 18.6 Å². The largest absolute Gasteiger partial charge is 0.497 e. The molecule has 0 amide bonds. The molecule has 1 aromatic rings. The summed E-state index contributed by atoms with van der Waals surface area (Å²) in [6.45, 7) is 1.71. The number of hydrogen-bond acceptors (Lipinski definition) is 3. The molecule has 1 aromatic carbocycles. The van der Waals surface area contributed by atoms with Crippen molar-refractivity contribution in [1.29, 1.82) is 0 Å². The van der Waals surface area contributed by atoms with Crippen LogP contribution < -0.4 is 10.1 Å². The van der Waals surface area contributed by atoms with Crippen LogP contribution in [0.15, 0.2) is 24.3 Å². The van der Waals surface area contributed by atoms with Crippen LogP contribution in [-0.2, 0) is 10.3 Å². The Labute approximate surface area is 107 Å². The zero-order valence-corrected chi connectivity index (χ0v) is 10.8. The first kappa shape index (κ1) is 12.9. The van der Waals surface area contributed by atoms with E-state index in [1.54, 1.807) is 20.1 Å². The highest BCUT2D eigenvalue weighted by Crippen LogP contribution is 2.29. The van der Waals surface area contributed by atoms with Gasteiger partial charge in [0.1, 0.15) is 11.3 Å². The Morgan fingerprint density at radius 3 is 2.72 bits per heavy atom. The zero-order chi connectivity index (χ0) is 13.2. The number of carboxylic acids is 1. The quantitative estimate of drug-likeness (QED) is 0.839. The van der Waals surface area contributed by atoms with E-state index in [0.29, 0.717) is 11.8 Å². The summed E-state index contributed by atoms with van der Waals surface area (Å²) >= 11 is 0. The highest BCUT2D eigenvalue weighted by molar-refractivity contribution is 5.80. The van der Waals surface area contributed by atoms with E-state index in [0.717, 1.165) is 18.4 Å². The van der Waals surface area contributed by atoms with Crippen LogP contribution in [-0.4, -0.2) is 24.2 Å². The first-order valence-corrected chi connectivity index (χ1v) is 6.22. The average molecular weight is 249 g/mol. The fraction of sp³-hybridized carbons (Fsp3) is 0.500. The second-order valence-electron chi connectivity index (χ2n) is 4.93. The van der Waals surface area contributed by atoms with E-state index in [9.17, 15) is 9.90 Å². The molecule has 4 nitrogen and oxygen atoms in total. The number of aliphatic carboxylic acids is 1. The first-order chi connectivity index (χ1) is 8.56. The van der Waals surface area contributed by atoms with Crippen LogP contribution in [0.4, 0.5) is 0 Å². The van der Waals surface area contributed by atoms with Crippen LogP contribution >= 0.6 is 0 Å². The summed E-state index contributed by atoms with van der Waals surface area (Å²) in [4.78, 5) is 11.6. The highest BCUT2D eigenvalue weighted by atomic mass is 16.5. The highest BCUT2D eigenvalue weighted by Gasteiger charge is 2.38. The van der Waals surface area contributed by atoms with Crippen LogP contribution in [0.3, 0.4) is 0 Å². The van der Waals surface area contributed by atoms with Crippen molar-refractivity contribution in [3.8, 4) is 5.75 Å². The number of rotatable bonds is 5. The van der Waals surface area contributed by atoms with E-state index in [4.69, 9.17) is 4.74 Å². The Morgan fingerprint density at radius 1 is 1.50 bits per heavy atom. The Kier molecular flexibility index (Phi) is 3.57. The maximum absolute atomic E-state index is 11.6. The van der Waals surface area contributed by atoms with Crippen LogP contribution in [0.1, 0.15) is 31.7 Å². The fourth-order valence-corrected chi connectivity index (χ4v) is 2.16. The maximum Gasteiger partial charge on any atom is 0.328 e. The molecule has 0 bridgehead atoms. The molecule has 18 heavy (non-hydrogen) atoms. The van der Waals surface area contributed by atoms with Gasteiger partial charge < -0.3 is 9.84 Å². The maximum atomic E-state index is 11.6. The minimum absolute atomic E-state index is 0.303. The van der Waals surface area contributed by atoms with Crippen molar-refractivity contribution in [3.63, 3.8) is 0 Å². The van der Waals surface area contributed by atoms with Crippen molar-refractivity contribution >= 4 is 5.97 Å². The number of carboxylic acid groups (broad SMARTS) is 1. The van der Waals surface area contributed by atoms with E-state index in [1.165, 1.54) is 6.42 Å². The zero-order valence-electron chi connectivity index (χ0n) is 10.8. The Morgan fingerprint density at radius 2 is 2.22 bits per heavy atom. The minimum atomic E-state index is -1.06. The van der Waals surface area contributed by atoms with E-state index >= 15 is 0 Å². The summed E-state index contributed by atoms with van der Waals surface area (Å²) in [5.41, 5.74) is -0.333. The number of ether oxygens (including phenoxy) is 1. The normalized spacial score (nSPS) is 18.8. The number of benzene rings is 1. The van der Waals surface area contributed by atoms with E-state index < -0.39 is 11.5 Å². The summed E-state index contributed by atoms with van der Waals surface area (Å²) < 4.78 is 5.15. The van der Waals surface area contributed by atoms with Crippen molar-refractivity contribution < 1.29 is 14.6 Å². The standard InChI is InChI=1S/C14H19NO3/c1-14(13(16)17,15-11-6-4-7-11)10-5-3-8-12(9-10)18-2/h3,5,8-9,11,15H,4,6-7H2,1-2H3,(H,16,17). The van der Waals surface area contributed by atoms with Gasteiger partial charge in [0.05, 0.1) is 7.11 Å². The molecular weight excluding hydrogens is 230 g/mol. The van der Waals surface area contributed by atoms with Gasteiger partial charge in [-0.3, -0.25) is 5.32 Å². The lowest BCUT2D eigenvalue weighted by Gasteiger charge is -2.36. The van der Waals surface area contributed by atoms with E-state index in [2.05, 4.69) is 5.32 Å². The molecule has 1 unspecified atom stereocenters. The average Bonchev–Trinajstić information content (AvgIpc) is 2.33. The van der Waals surface area contributed by atoms with Gasteiger partial charge in [-0.15, -0.1) is 0 Å². The molecule has 1 atom stereocenters. The molecule has 1 fully saturated rings. The lowest BCUT2D eigenvalue weighted by atomic mass is 9.86. The van der Waals surface area contributed by atoms with Gasteiger partial charge in [-0.2, -0.15) is 0 Å². The molecule has 1 saturated carbocycles. The summed E-state index contributed by atoms with van der Waals surface area (Å²) in [5.74, 6) is -0.182. The molecule has 0 aliphatic heterocycles. The topological polar surface area (TPSA) is 58.6 Å². The molecule has 2 N–H and O–H groups in total. The van der Waals surface area contributed by atoms with Crippen molar-refractivity contribution in [2.75, 3.05) is 7.11 Å². The van der Waals surface area contributed by atoms with Crippen molar-refractivity contribution in [2.45, 2.75) is 37.8 Å².